The molecule has 5 aromatic rings. The van der Waals surface area contributed by atoms with Crippen molar-refractivity contribution < 1.29 is 4.79 Å². The number of aryl methyl sites for hydroxylation is 1. The molecule has 0 radical (unpaired) electrons. The minimum atomic E-state index is 0.133. The van der Waals surface area contributed by atoms with E-state index < -0.39 is 0 Å². The number of amides is 1. The first-order valence-electron chi connectivity index (χ1n) is 15.3. The predicted molar refractivity (Wildman–Crippen MR) is 183 cm³/mol. The second kappa shape index (κ2) is 12.4. The first-order chi connectivity index (χ1) is 21.9. The van der Waals surface area contributed by atoms with E-state index in [4.69, 9.17) is 28.2 Å². The van der Waals surface area contributed by atoms with Gasteiger partial charge in [-0.05, 0) is 41.8 Å². The van der Waals surface area contributed by atoms with E-state index in [-0.39, 0.29) is 11.9 Å². The lowest BCUT2D eigenvalue weighted by Gasteiger charge is -2.20. The van der Waals surface area contributed by atoms with Crippen molar-refractivity contribution in [2.75, 3.05) is 31.6 Å². The number of carbonyl (C=O) groups is 1. The molecular formula is C35H35Cl2N7O. The number of likely N-dealkylation sites (N-methyl/N-ethyl adjacent to an activating group) is 1. The first-order valence-corrected chi connectivity index (χ1v) is 16.1. The number of nitrogens with one attached hydrogen (secondary N) is 3. The van der Waals surface area contributed by atoms with Gasteiger partial charge in [-0.1, -0.05) is 53.5 Å². The number of hydrogen-bond donors (Lipinski definition) is 3. The number of carbonyl (C=O) groups excluding carboxylic acids is 1. The van der Waals surface area contributed by atoms with Crippen molar-refractivity contribution >= 4 is 45.8 Å². The molecule has 1 amide bonds. The normalized spacial score (nSPS) is 16.6. The Labute approximate surface area is 272 Å². The molecule has 0 aliphatic carbocycles. The first kappa shape index (κ1) is 29.7. The standard InChI is InChI=1S/C35H35Cl2N7O/c1-43-15-14-38-17-22-7-6-21(16-30(22)43)34-33(37)27(12-13-40-34)26-4-3-5-28(32(26)36)29-10-9-25-23(20-44(2)35(25)42-29)18-39-19-24-8-11-31(45)41-24/h3-7,9-10,12-13,16,20,24,38-39H,8,11,14-15,17-19H2,1-2H3,(H,41,45). The summed E-state index contributed by atoms with van der Waals surface area (Å²) in [7, 11) is 4.12. The second-order valence-corrected chi connectivity index (χ2v) is 12.7. The van der Waals surface area contributed by atoms with Crippen LogP contribution >= 0.6 is 23.2 Å². The topological polar surface area (TPSA) is 87.1 Å². The summed E-state index contributed by atoms with van der Waals surface area (Å²) in [5.41, 5.74) is 9.45. The molecule has 3 N–H and O–H groups in total. The Hall–Kier alpha value is -3.95. The number of rotatable bonds is 7. The molecule has 2 aromatic carbocycles. The summed E-state index contributed by atoms with van der Waals surface area (Å²) < 4.78 is 2.05. The maximum Gasteiger partial charge on any atom is 0.220 e. The summed E-state index contributed by atoms with van der Waals surface area (Å²) in [5.74, 6) is 0.133. The van der Waals surface area contributed by atoms with Crippen LogP contribution in [0.5, 0.6) is 0 Å². The van der Waals surface area contributed by atoms with E-state index in [1.54, 1.807) is 6.20 Å². The molecule has 3 aromatic heterocycles. The maximum atomic E-state index is 11.5. The lowest BCUT2D eigenvalue weighted by molar-refractivity contribution is -0.119. The van der Waals surface area contributed by atoms with E-state index in [0.29, 0.717) is 23.0 Å². The van der Waals surface area contributed by atoms with E-state index in [1.807, 2.05) is 41.9 Å². The van der Waals surface area contributed by atoms with Gasteiger partial charge in [-0.3, -0.25) is 9.78 Å². The number of fused-ring (bicyclic) bond motifs is 2. The Morgan fingerprint density at radius 1 is 1.02 bits per heavy atom. The van der Waals surface area contributed by atoms with Crippen LogP contribution in [0.4, 0.5) is 5.69 Å². The molecule has 2 aliphatic rings. The number of benzene rings is 2. The van der Waals surface area contributed by atoms with Crippen molar-refractivity contribution in [3.05, 3.63) is 88.2 Å². The Bertz CT molecular complexity index is 1920. The summed E-state index contributed by atoms with van der Waals surface area (Å²) in [6.07, 6.45) is 5.38. The molecule has 8 nitrogen and oxygen atoms in total. The van der Waals surface area contributed by atoms with Crippen LogP contribution in [0.15, 0.2) is 67.0 Å². The molecule has 45 heavy (non-hydrogen) atoms. The summed E-state index contributed by atoms with van der Waals surface area (Å²) >= 11 is 14.2. The van der Waals surface area contributed by atoms with Crippen LogP contribution in [0.2, 0.25) is 10.0 Å². The molecule has 1 atom stereocenters. The largest absolute Gasteiger partial charge is 0.373 e. The lowest BCUT2D eigenvalue weighted by Crippen LogP contribution is -2.35. The Kier molecular flexibility index (Phi) is 8.23. The van der Waals surface area contributed by atoms with Gasteiger partial charge >= 0.3 is 0 Å². The van der Waals surface area contributed by atoms with Crippen molar-refractivity contribution in [2.45, 2.75) is 32.0 Å². The van der Waals surface area contributed by atoms with Crippen molar-refractivity contribution in [2.24, 2.45) is 7.05 Å². The second-order valence-electron chi connectivity index (χ2n) is 11.9. The van der Waals surface area contributed by atoms with Gasteiger partial charge in [0.2, 0.25) is 5.91 Å². The van der Waals surface area contributed by atoms with Gasteiger partial charge in [0.15, 0.2) is 0 Å². The van der Waals surface area contributed by atoms with Crippen molar-refractivity contribution in [1.82, 2.24) is 30.5 Å². The van der Waals surface area contributed by atoms with Gasteiger partial charge in [0.25, 0.3) is 0 Å². The Morgan fingerprint density at radius 3 is 2.71 bits per heavy atom. The van der Waals surface area contributed by atoms with E-state index in [1.165, 1.54) is 11.3 Å². The number of anilines is 1. The predicted octanol–water partition coefficient (Wildman–Crippen LogP) is 6.18. The molecule has 1 unspecified atom stereocenters. The Balaban J connectivity index is 1.18. The zero-order chi connectivity index (χ0) is 31.1. The molecule has 0 bridgehead atoms. The fraction of sp³-hybridized carbons (Fsp3) is 0.286. The monoisotopic (exact) mass is 639 g/mol. The molecule has 0 saturated carbocycles. The average molecular weight is 641 g/mol. The lowest BCUT2D eigenvalue weighted by atomic mass is 9.99. The maximum absolute atomic E-state index is 11.5. The zero-order valence-electron chi connectivity index (χ0n) is 25.3. The molecule has 1 fully saturated rings. The van der Waals surface area contributed by atoms with Crippen LogP contribution in [0, 0.1) is 0 Å². The third-order valence-corrected chi connectivity index (χ3v) is 9.65. The van der Waals surface area contributed by atoms with Gasteiger partial charge in [0.05, 0.1) is 21.4 Å². The van der Waals surface area contributed by atoms with Crippen LogP contribution in [0.3, 0.4) is 0 Å². The van der Waals surface area contributed by atoms with Crippen LogP contribution in [-0.4, -0.2) is 53.2 Å². The molecule has 0 spiro atoms. The molecular weight excluding hydrogens is 605 g/mol. The molecule has 2 aliphatic heterocycles. The number of aromatic nitrogens is 3. The quantitative estimate of drug-likeness (QED) is 0.197. The third kappa shape index (κ3) is 5.79. The van der Waals surface area contributed by atoms with Gasteiger partial charge in [-0.15, -0.1) is 0 Å². The van der Waals surface area contributed by atoms with Crippen LogP contribution in [0.25, 0.3) is 44.7 Å². The van der Waals surface area contributed by atoms with E-state index in [9.17, 15) is 4.79 Å². The highest BCUT2D eigenvalue weighted by Gasteiger charge is 2.21. The highest BCUT2D eigenvalue weighted by Crippen LogP contribution is 2.42. The molecule has 10 heteroatoms. The van der Waals surface area contributed by atoms with Crippen LogP contribution in [0.1, 0.15) is 24.0 Å². The molecule has 7 rings (SSSR count). The van der Waals surface area contributed by atoms with Crippen molar-refractivity contribution in [1.29, 1.82) is 0 Å². The van der Waals surface area contributed by atoms with Crippen LogP contribution in [-0.2, 0) is 24.9 Å². The van der Waals surface area contributed by atoms with E-state index in [0.717, 1.165) is 82.8 Å². The highest BCUT2D eigenvalue weighted by atomic mass is 35.5. The highest BCUT2D eigenvalue weighted by molar-refractivity contribution is 6.39. The number of pyridine rings is 2. The van der Waals surface area contributed by atoms with Gasteiger partial charge in [0.1, 0.15) is 5.65 Å². The summed E-state index contributed by atoms with van der Waals surface area (Å²) in [5, 5.41) is 12.2. The SMILES string of the molecule is CN1CCNCc2ccc(-c3nccc(-c4cccc(-c5ccc6c(CNCC7CCC(=O)N7)cn(C)c6n5)c4Cl)c3Cl)cc21. The minimum Gasteiger partial charge on any atom is -0.373 e. The van der Waals surface area contributed by atoms with Gasteiger partial charge in [-0.2, -0.15) is 0 Å². The summed E-state index contributed by atoms with van der Waals surface area (Å²) in [4.78, 5) is 23.5. The van der Waals surface area contributed by atoms with Gasteiger partial charge < -0.3 is 25.4 Å². The van der Waals surface area contributed by atoms with Crippen molar-refractivity contribution in [3.63, 3.8) is 0 Å². The molecule has 230 valence electrons. The van der Waals surface area contributed by atoms with E-state index in [2.05, 4.69) is 63.3 Å². The molecule has 5 heterocycles. The minimum absolute atomic E-state index is 0.133. The third-order valence-electron chi connectivity index (χ3n) is 8.86. The number of hydrogen-bond acceptors (Lipinski definition) is 6. The Morgan fingerprint density at radius 2 is 1.87 bits per heavy atom. The van der Waals surface area contributed by atoms with Crippen LogP contribution < -0.4 is 20.9 Å². The number of halogens is 2. The van der Waals surface area contributed by atoms with E-state index >= 15 is 0 Å². The zero-order valence-corrected chi connectivity index (χ0v) is 26.8. The summed E-state index contributed by atoms with van der Waals surface area (Å²) in [6, 6.07) is 18.6. The summed E-state index contributed by atoms with van der Waals surface area (Å²) in [6.45, 7) is 4.15. The smallest absolute Gasteiger partial charge is 0.220 e. The fourth-order valence-electron chi connectivity index (χ4n) is 6.43. The van der Waals surface area contributed by atoms with Crippen molar-refractivity contribution in [3.8, 4) is 33.6 Å². The number of nitrogens with zero attached hydrogens (tertiary/aromatic N) is 4. The van der Waals surface area contributed by atoms with Gasteiger partial charge in [-0.25, -0.2) is 4.98 Å². The fourth-order valence-corrected chi connectivity index (χ4v) is 7.08. The van der Waals surface area contributed by atoms with Gasteiger partial charge in [0, 0.05) is 105 Å². The molecule has 1 saturated heterocycles. The average Bonchev–Trinajstić information content (AvgIpc) is 3.54.